The third-order valence-electron chi connectivity index (χ3n) is 9.94. The van der Waals surface area contributed by atoms with Gasteiger partial charge in [0.2, 0.25) is 23.6 Å². The summed E-state index contributed by atoms with van der Waals surface area (Å²) in [6.07, 6.45) is 2.02. The van der Waals surface area contributed by atoms with Crippen LogP contribution in [0.3, 0.4) is 0 Å². The van der Waals surface area contributed by atoms with Gasteiger partial charge in [-0.2, -0.15) is 0 Å². The van der Waals surface area contributed by atoms with E-state index in [1.165, 1.54) is 36.4 Å². The number of carbonyl (C=O) groups excluding carboxylic acids is 4. The predicted molar refractivity (Wildman–Crippen MR) is 221 cm³/mol. The highest BCUT2D eigenvalue weighted by atomic mass is 16.3. The number of hydrogen-bond donors (Lipinski definition) is 11. The highest BCUT2D eigenvalue weighted by molar-refractivity contribution is 5.81. The first kappa shape index (κ1) is 45.2. The van der Waals surface area contributed by atoms with Crippen LogP contribution < -0.4 is 26.6 Å². The van der Waals surface area contributed by atoms with Gasteiger partial charge < -0.3 is 57.2 Å². The molecule has 15 heteroatoms. The van der Waals surface area contributed by atoms with Gasteiger partial charge in [-0.05, 0) is 110 Å². The van der Waals surface area contributed by atoms with Crippen molar-refractivity contribution < 1.29 is 49.8 Å². The van der Waals surface area contributed by atoms with Crippen molar-refractivity contribution in [1.82, 2.24) is 26.6 Å². The lowest BCUT2D eigenvalue weighted by atomic mass is 9.83. The standard InChI is InChI=1S/C44H55N5O10/c50-34-9-6-31(26-37(34)53)16-23-46-40(56)12-19-44(49-43(59)29-45-22-15-30-4-2-1-3-5-30,20-13-41(57)47-24-17-32-7-10-35(51)38(54)27-32)21-14-42(58)48-25-18-33-8-11-36(52)39(55)28-33/h1-11,26-28,45,50-55H,12-25,29H2,(H,46,56)(H,47,57)(H,48,58)(H,49,59). The molecule has 0 aliphatic carbocycles. The zero-order chi connectivity index (χ0) is 42.6. The summed E-state index contributed by atoms with van der Waals surface area (Å²) in [6.45, 7) is 1.17. The average Bonchev–Trinajstić information content (AvgIpc) is 3.21. The second kappa shape index (κ2) is 23.1. The van der Waals surface area contributed by atoms with E-state index in [1.807, 2.05) is 30.3 Å². The van der Waals surface area contributed by atoms with Gasteiger partial charge in [0.15, 0.2) is 34.5 Å². The highest BCUT2D eigenvalue weighted by Crippen LogP contribution is 2.28. The van der Waals surface area contributed by atoms with Crippen molar-refractivity contribution in [3.63, 3.8) is 0 Å². The average molecular weight is 814 g/mol. The van der Waals surface area contributed by atoms with Crippen LogP contribution in [-0.2, 0) is 44.9 Å². The Morgan fingerprint density at radius 3 is 1.17 bits per heavy atom. The molecule has 4 amide bonds. The number of benzene rings is 4. The fourth-order valence-electron chi connectivity index (χ4n) is 6.52. The molecule has 0 bridgehead atoms. The summed E-state index contributed by atoms with van der Waals surface area (Å²) in [6, 6.07) is 23.0. The van der Waals surface area contributed by atoms with E-state index in [0.29, 0.717) is 48.9 Å². The Labute approximate surface area is 343 Å². The van der Waals surface area contributed by atoms with Crippen LogP contribution in [0, 0.1) is 0 Å². The number of phenols is 6. The molecule has 4 rings (SSSR count). The Balaban J connectivity index is 1.43. The van der Waals surface area contributed by atoms with E-state index in [4.69, 9.17) is 0 Å². The largest absolute Gasteiger partial charge is 0.504 e. The van der Waals surface area contributed by atoms with Gasteiger partial charge in [0, 0.05) is 44.4 Å². The molecule has 0 saturated carbocycles. The third-order valence-corrected chi connectivity index (χ3v) is 9.94. The number of rotatable bonds is 24. The molecule has 0 spiro atoms. The van der Waals surface area contributed by atoms with Crippen LogP contribution in [0.2, 0.25) is 0 Å². The normalized spacial score (nSPS) is 11.1. The molecule has 4 aromatic carbocycles. The van der Waals surface area contributed by atoms with Gasteiger partial charge in [-0.1, -0.05) is 48.5 Å². The zero-order valence-electron chi connectivity index (χ0n) is 33.0. The van der Waals surface area contributed by atoms with Crippen molar-refractivity contribution in [2.24, 2.45) is 0 Å². The number of nitrogens with one attached hydrogen (secondary N) is 5. The first-order valence-corrected chi connectivity index (χ1v) is 19.7. The van der Waals surface area contributed by atoms with Crippen molar-refractivity contribution in [2.75, 3.05) is 32.7 Å². The van der Waals surface area contributed by atoms with Gasteiger partial charge in [-0.15, -0.1) is 0 Å². The van der Waals surface area contributed by atoms with Gasteiger partial charge in [0.05, 0.1) is 6.54 Å². The molecule has 0 radical (unpaired) electrons. The molecule has 0 aliphatic rings. The number of aromatic hydroxyl groups is 6. The first-order valence-electron chi connectivity index (χ1n) is 19.7. The SMILES string of the molecule is O=C(CCC(CCC(=O)NCCc1ccc(O)c(O)c1)(CCC(=O)NCCc1ccc(O)c(O)c1)NC(=O)CNCCc1ccccc1)NCCc1ccc(O)c(O)c1. The van der Waals surface area contributed by atoms with Gasteiger partial charge in [0.1, 0.15) is 0 Å². The maximum atomic E-state index is 13.6. The van der Waals surface area contributed by atoms with Crippen molar-refractivity contribution in [1.29, 1.82) is 0 Å². The maximum Gasteiger partial charge on any atom is 0.234 e. The quantitative estimate of drug-likeness (QED) is 0.0362. The number of phenolic OH excluding ortho intramolecular Hbond substituents is 6. The Morgan fingerprint density at radius 1 is 0.424 bits per heavy atom. The summed E-state index contributed by atoms with van der Waals surface area (Å²) in [5, 5.41) is 73.1. The van der Waals surface area contributed by atoms with Crippen LogP contribution >= 0.6 is 0 Å². The summed E-state index contributed by atoms with van der Waals surface area (Å²) in [4.78, 5) is 53.2. The number of amides is 4. The third kappa shape index (κ3) is 16.1. The van der Waals surface area contributed by atoms with Crippen molar-refractivity contribution in [2.45, 2.75) is 69.7 Å². The van der Waals surface area contributed by atoms with Crippen LogP contribution in [0.5, 0.6) is 34.5 Å². The van der Waals surface area contributed by atoms with E-state index >= 15 is 0 Å². The van der Waals surface area contributed by atoms with E-state index < -0.39 is 5.54 Å². The summed E-state index contributed by atoms with van der Waals surface area (Å²) < 4.78 is 0. The minimum Gasteiger partial charge on any atom is -0.504 e. The molecule has 11 N–H and O–H groups in total. The van der Waals surface area contributed by atoms with Crippen molar-refractivity contribution >= 4 is 23.6 Å². The Hall–Kier alpha value is -6.48. The van der Waals surface area contributed by atoms with Crippen molar-refractivity contribution in [3.8, 4) is 34.5 Å². The van der Waals surface area contributed by atoms with Gasteiger partial charge >= 0.3 is 0 Å². The van der Waals surface area contributed by atoms with Crippen LogP contribution in [0.4, 0.5) is 0 Å². The minimum atomic E-state index is -1.15. The van der Waals surface area contributed by atoms with Crippen LogP contribution in [0.15, 0.2) is 84.9 Å². The van der Waals surface area contributed by atoms with E-state index in [-0.39, 0.29) is 123 Å². The molecule has 0 aromatic heterocycles. The molecular weight excluding hydrogens is 759 g/mol. The molecule has 0 aliphatic heterocycles. The minimum absolute atomic E-state index is 0.0412. The topological polar surface area (TPSA) is 250 Å². The molecule has 316 valence electrons. The lowest BCUT2D eigenvalue weighted by molar-refractivity contribution is -0.126. The smallest absolute Gasteiger partial charge is 0.234 e. The second-order valence-corrected chi connectivity index (χ2v) is 14.5. The van der Waals surface area contributed by atoms with Crippen LogP contribution in [0.25, 0.3) is 0 Å². The van der Waals surface area contributed by atoms with Crippen LogP contribution in [0.1, 0.15) is 60.8 Å². The summed E-state index contributed by atoms with van der Waals surface area (Å²) in [5.41, 5.74) is 2.04. The number of carbonyl (C=O) groups is 4. The lowest BCUT2D eigenvalue weighted by Crippen LogP contribution is -2.52. The monoisotopic (exact) mass is 813 g/mol. The maximum absolute atomic E-state index is 13.6. The molecule has 0 saturated heterocycles. The van der Waals surface area contributed by atoms with E-state index in [0.717, 1.165) is 5.56 Å². The second-order valence-electron chi connectivity index (χ2n) is 14.5. The summed E-state index contributed by atoms with van der Waals surface area (Å²) in [7, 11) is 0. The number of hydrogen-bond acceptors (Lipinski definition) is 11. The molecule has 0 unspecified atom stereocenters. The molecule has 4 aromatic rings. The molecule has 0 heterocycles. The summed E-state index contributed by atoms with van der Waals surface area (Å²) >= 11 is 0. The van der Waals surface area contributed by atoms with Crippen molar-refractivity contribution in [3.05, 3.63) is 107 Å². The lowest BCUT2D eigenvalue weighted by Gasteiger charge is -2.35. The van der Waals surface area contributed by atoms with Gasteiger partial charge in [0.25, 0.3) is 0 Å². The fraction of sp³-hybridized carbons (Fsp3) is 0.364. The Kier molecular flexibility index (Phi) is 17.7. The highest BCUT2D eigenvalue weighted by Gasteiger charge is 2.33. The van der Waals surface area contributed by atoms with Gasteiger partial charge in [-0.25, -0.2) is 0 Å². The summed E-state index contributed by atoms with van der Waals surface area (Å²) in [5.74, 6) is -2.89. The fourth-order valence-corrected chi connectivity index (χ4v) is 6.52. The molecule has 0 fully saturated rings. The van der Waals surface area contributed by atoms with Crippen LogP contribution in [-0.4, -0.2) is 92.5 Å². The van der Waals surface area contributed by atoms with E-state index in [2.05, 4.69) is 26.6 Å². The predicted octanol–water partition coefficient (Wildman–Crippen LogP) is 3.32. The van der Waals surface area contributed by atoms with E-state index in [9.17, 15) is 49.8 Å². The first-order chi connectivity index (χ1) is 28.3. The molecule has 59 heavy (non-hydrogen) atoms. The Bertz CT molecular complexity index is 1830. The molecular formula is C44H55N5O10. The Morgan fingerprint density at radius 2 is 0.797 bits per heavy atom. The zero-order valence-corrected chi connectivity index (χ0v) is 33.0. The van der Waals surface area contributed by atoms with E-state index in [1.54, 1.807) is 18.2 Å². The van der Waals surface area contributed by atoms with Gasteiger partial charge in [-0.3, -0.25) is 19.2 Å². The molecule has 15 nitrogen and oxygen atoms in total. The molecule has 0 atom stereocenters.